The number of nitrogens with zero attached hydrogens (tertiary/aromatic N) is 2. The molecule has 0 saturated carbocycles. The van der Waals surface area contributed by atoms with Crippen LogP contribution in [0.3, 0.4) is 0 Å². The van der Waals surface area contributed by atoms with Gasteiger partial charge in [0.1, 0.15) is 0 Å². The quantitative estimate of drug-likeness (QED) is 0.775. The zero-order chi connectivity index (χ0) is 13.0. The minimum atomic E-state index is -0.270. The van der Waals surface area contributed by atoms with Crippen molar-refractivity contribution in [3.05, 3.63) is 47.7 Å². The Kier molecular flexibility index (Phi) is 4.02. The van der Waals surface area contributed by atoms with Crippen LogP contribution in [0.2, 0.25) is 0 Å². The smallest absolute Gasteiger partial charge is 0.226 e. The standard InChI is InChI=1S/C14H17ClN2O/c1-14(2,11-7-4-3-5-8-11)13-17-16-12(18-13)9-6-10-15/h3-5,7-8H,6,9-10H2,1-2H3. The van der Waals surface area contributed by atoms with Gasteiger partial charge in [-0.2, -0.15) is 0 Å². The molecule has 0 radical (unpaired) electrons. The molecule has 1 heterocycles. The first kappa shape index (κ1) is 13.1. The van der Waals surface area contributed by atoms with Gasteiger partial charge in [-0.05, 0) is 25.8 Å². The highest BCUT2D eigenvalue weighted by Crippen LogP contribution is 2.30. The highest BCUT2D eigenvalue weighted by Gasteiger charge is 2.29. The molecule has 0 spiro atoms. The molecular formula is C14H17ClN2O. The van der Waals surface area contributed by atoms with E-state index in [1.54, 1.807) is 0 Å². The van der Waals surface area contributed by atoms with Crippen molar-refractivity contribution >= 4 is 11.6 Å². The van der Waals surface area contributed by atoms with Gasteiger partial charge in [0.25, 0.3) is 0 Å². The van der Waals surface area contributed by atoms with E-state index in [0.29, 0.717) is 17.7 Å². The highest BCUT2D eigenvalue weighted by molar-refractivity contribution is 6.17. The summed E-state index contributed by atoms with van der Waals surface area (Å²) in [6.07, 6.45) is 1.59. The molecule has 0 fully saturated rings. The van der Waals surface area contributed by atoms with Gasteiger partial charge >= 0.3 is 0 Å². The van der Waals surface area contributed by atoms with E-state index in [2.05, 4.69) is 36.2 Å². The van der Waals surface area contributed by atoms with Gasteiger partial charge in [-0.3, -0.25) is 0 Å². The maximum absolute atomic E-state index is 5.72. The molecule has 1 aromatic carbocycles. The lowest BCUT2D eigenvalue weighted by molar-refractivity contribution is 0.387. The van der Waals surface area contributed by atoms with E-state index in [4.69, 9.17) is 16.0 Å². The summed E-state index contributed by atoms with van der Waals surface area (Å²) in [5, 5.41) is 8.23. The zero-order valence-corrected chi connectivity index (χ0v) is 11.4. The molecule has 0 amide bonds. The molecule has 1 aromatic heterocycles. The molecule has 3 nitrogen and oxygen atoms in total. The Morgan fingerprint density at radius 2 is 1.89 bits per heavy atom. The van der Waals surface area contributed by atoms with Crippen molar-refractivity contribution in [3.8, 4) is 0 Å². The van der Waals surface area contributed by atoms with Gasteiger partial charge in [-0.15, -0.1) is 21.8 Å². The molecule has 0 aliphatic heterocycles. The van der Waals surface area contributed by atoms with Crippen molar-refractivity contribution in [3.63, 3.8) is 0 Å². The maximum atomic E-state index is 5.72. The number of benzene rings is 1. The van der Waals surface area contributed by atoms with Crippen LogP contribution in [0.25, 0.3) is 0 Å². The zero-order valence-electron chi connectivity index (χ0n) is 10.7. The third kappa shape index (κ3) is 2.72. The third-order valence-electron chi connectivity index (χ3n) is 3.02. The number of aromatic nitrogens is 2. The van der Waals surface area contributed by atoms with E-state index in [9.17, 15) is 0 Å². The molecule has 0 N–H and O–H groups in total. The van der Waals surface area contributed by atoms with E-state index in [1.807, 2.05) is 18.2 Å². The topological polar surface area (TPSA) is 38.9 Å². The summed E-state index contributed by atoms with van der Waals surface area (Å²) in [5.41, 5.74) is 0.894. The van der Waals surface area contributed by atoms with Crippen molar-refractivity contribution in [1.82, 2.24) is 10.2 Å². The van der Waals surface area contributed by atoms with Crippen LogP contribution in [-0.2, 0) is 11.8 Å². The number of aryl methyl sites for hydroxylation is 1. The van der Waals surface area contributed by atoms with E-state index < -0.39 is 0 Å². The number of hydrogen-bond acceptors (Lipinski definition) is 3. The molecule has 0 unspecified atom stereocenters. The van der Waals surface area contributed by atoms with Crippen molar-refractivity contribution in [2.45, 2.75) is 32.1 Å². The summed E-state index contributed by atoms with van der Waals surface area (Å²) in [4.78, 5) is 0. The number of alkyl halides is 1. The van der Waals surface area contributed by atoms with E-state index >= 15 is 0 Å². The second kappa shape index (κ2) is 5.53. The van der Waals surface area contributed by atoms with Crippen molar-refractivity contribution in [2.24, 2.45) is 0 Å². The second-order valence-electron chi connectivity index (χ2n) is 4.78. The number of rotatable bonds is 5. The van der Waals surface area contributed by atoms with Gasteiger partial charge in [-0.1, -0.05) is 30.3 Å². The largest absolute Gasteiger partial charge is 0.424 e. The summed E-state index contributed by atoms with van der Waals surface area (Å²) in [6, 6.07) is 10.2. The molecule has 0 aliphatic rings. The third-order valence-corrected chi connectivity index (χ3v) is 3.29. The summed E-state index contributed by atoms with van der Waals surface area (Å²) in [5.74, 6) is 1.92. The van der Waals surface area contributed by atoms with Gasteiger partial charge in [-0.25, -0.2) is 0 Å². The average Bonchev–Trinajstić information content (AvgIpc) is 2.87. The van der Waals surface area contributed by atoms with Crippen LogP contribution in [0.4, 0.5) is 0 Å². The Morgan fingerprint density at radius 3 is 2.56 bits per heavy atom. The van der Waals surface area contributed by atoms with E-state index in [-0.39, 0.29) is 5.41 Å². The van der Waals surface area contributed by atoms with Crippen LogP contribution in [0.15, 0.2) is 34.7 Å². The lowest BCUT2D eigenvalue weighted by atomic mass is 9.85. The van der Waals surface area contributed by atoms with Gasteiger partial charge < -0.3 is 4.42 Å². The molecule has 0 bridgehead atoms. The Morgan fingerprint density at radius 1 is 1.17 bits per heavy atom. The van der Waals surface area contributed by atoms with Gasteiger partial charge in [0.2, 0.25) is 11.8 Å². The Labute approximate surface area is 112 Å². The van der Waals surface area contributed by atoms with Crippen LogP contribution >= 0.6 is 11.6 Å². The monoisotopic (exact) mass is 264 g/mol. The van der Waals surface area contributed by atoms with Crippen LogP contribution in [0.5, 0.6) is 0 Å². The molecule has 2 rings (SSSR count). The maximum Gasteiger partial charge on any atom is 0.226 e. The van der Waals surface area contributed by atoms with E-state index in [1.165, 1.54) is 0 Å². The Balaban J connectivity index is 2.22. The molecule has 18 heavy (non-hydrogen) atoms. The average molecular weight is 265 g/mol. The Bertz CT molecular complexity index is 494. The van der Waals surface area contributed by atoms with Crippen molar-refractivity contribution < 1.29 is 4.42 Å². The Hall–Kier alpha value is -1.35. The fraction of sp³-hybridized carbons (Fsp3) is 0.429. The summed E-state index contributed by atoms with van der Waals surface area (Å²) in [7, 11) is 0. The van der Waals surface area contributed by atoms with Crippen LogP contribution in [-0.4, -0.2) is 16.1 Å². The van der Waals surface area contributed by atoms with Crippen molar-refractivity contribution in [2.75, 3.05) is 5.88 Å². The fourth-order valence-electron chi connectivity index (χ4n) is 1.80. The predicted octanol–water partition coefficient (Wildman–Crippen LogP) is 3.57. The summed E-state index contributed by atoms with van der Waals surface area (Å²) < 4.78 is 5.72. The minimum absolute atomic E-state index is 0.270. The molecule has 4 heteroatoms. The normalized spacial score (nSPS) is 11.7. The fourth-order valence-corrected chi connectivity index (χ4v) is 1.94. The van der Waals surface area contributed by atoms with Gasteiger partial charge in [0.15, 0.2) is 0 Å². The first-order valence-corrected chi connectivity index (χ1v) is 6.62. The molecule has 0 atom stereocenters. The lowest BCUT2D eigenvalue weighted by Crippen LogP contribution is -2.19. The summed E-state index contributed by atoms with van der Waals surface area (Å²) >= 11 is 5.65. The minimum Gasteiger partial charge on any atom is -0.424 e. The molecule has 2 aromatic rings. The lowest BCUT2D eigenvalue weighted by Gasteiger charge is -2.20. The van der Waals surface area contributed by atoms with Crippen LogP contribution in [0.1, 0.15) is 37.6 Å². The second-order valence-corrected chi connectivity index (χ2v) is 5.16. The molecule has 0 aliphatic carbocycles. The van der Waals surface area contributed by atoms with E-state index in [0.717, 1.165) is 18.4 Å². The first-order valence-electron chi connectivity index (χ1n) is 6.09. The highest BCUT2D eigenvalue weighted by atomic mass is 35.5. The van der Waals surface area contributed by atoms with Crippen LogP contribution in [0, 0.1) is 0 Å². The SMILES string of the molecule is CC(C)(c1ccccc1)c1nnc(CCCCl)o1. The van der Waals surface area contributed by atoms with Crippen molar-refractivity contribution in [1.29, 1.82) is 0 Å². The first-order chi connectivity index (χ1) is 8.64. The number of hydrogen-bond donors (Lipinski definition) is 0. The predicted molar refractivity (Wildman–Crippen MR) is 71.9 cm³/mol. The molecular weight excluding hydrogens is 248 g/mol. The summed E-state index contributed by atoms with van der Waals surface area (Å²) in [6.45, 7) is 4.17. The van der Waals surface area contributed by atoms with Gasteiger partial charge in [0.05, 0.1) is 5.41 Å². The number of halogens is 1. The molecule has 0 saturated heterocycles. The van der Waals surface area contributed by atoms with Crippen LogP contribution < -0.4 is 0 Å². The molecule has 96 valence electrons. The van der Waals surface area contributed by atoms with Gasteiger partial charge in [0, 0.05) is 12.3 Å².